The second-order valence-electron chi connectivity index (χ2n) is 10.6. The Labute approximate surface area is 255 Å². The molecule has 0 radical (unpaired) electrons. The van der Waals surface area contributed by atoms with Crippen molar-refractivity contribution in [1.29, 1.82) is 0 Å². The van der Waals surface area contributed by atoms with Gasteiger partial charge in [0.15, 0.2) is 0 Å². The lowest BCUT2D eigenvalue weighted by molar-refractivity contribution is -0.113. The molecule has 0 bridgehead atoms. The number of urea groups is 1. The van der Waals surface area contributed by atoms with Gasteiger partial charge < -0.3 is 27.2 Å². The Hall–Kier alpha value is -5.16. The summed E-state index contributed by atoms with van der Waals surface area (Å²) in [6.07, 6.45) is -0.142. The molecule has 0 unspecified atom stereocenters. The normalized spacial score (nSPS) is 13.5. The van der Waals surface area contributed by atoms with Crippen molar-refractivity contribution >= 4 is 41.0 Å². The van der Waals surface area contributed by atoms with Crippen LogP contribution in [0.1, 0.15) is 55.2 Å². The number of carboxylic acid groups (broad SMARTS) is 1. The van der Waals surface area contributed by atoms with Crippen LogP contribution >= 0.6 is 0 Å². The van der Waals surface area contributed by atoms with Gasteiger partial charge in [0.05, 0.1) is 0 Å². The molecule has 5 amide bonds. The Kier molecular flexibility index (Phi) is 10.7. The number of nitrogens with zero attached hydrogens (tertiary/aromatic N) is 2. The van der Waals surface area contributed by atoms with Gasteiger partial charge in [-0.1, -0.05) is 67.6 Å². The summed E-state index contributed by atoms with van der Waals surface area (Å²) < 4.78 is 0. The molecule has 1 aliphatic rings. The Balaban J connectivity index is 1.54. The van der Waals surface area contributed by atoms with Crippen molar-refractivity contribution in [2.24, 2.45) is 27.4 Å². The number of carbonyl (C=O) groups excluding carboxylic acids is 3. The zero-order chi connectivity index (χ0) is 31.6. The number of anilines is 1. The predicted molar refractivity (Wildman–Crippen MR) is 170 cm³/mol. The van der Waals surface area contributed by atoms with Crippen molar-refractivity contribution in [3.63, 3.8) is 0 Å². The van der Waals surface area contributed by atoms with Crippen molar-refractivity contribution in [3.05, 3.63) is 89.5 Å². The van der Waals surface area contributed by atoms with Gasteiger partial charge in [0.1, 0.15) is 11.4 Å². The summed E-state index contributed by atoms with van der Waals surface area (Å²) in [5, 5.41) is 14.6. The van der Waals surface area contributed by atoms with Gasteiger partial charge in [-0.15, -0.1) is 0 Å². The first-order valence-corrected chi connectivity index (χ1v) is 14.4. The van der Waals surface area contributed by atoms with Crippen LogP contribution in [-0.2, 0) is 16.1 Å². The van der Waals surface area contributed by atoms with E-state index in [9.17, 15) is 24.3 Å². The Morgan fingerprint density at radius 1 is 0.909 bits per heavy atom. The van der Waals surface area contributed by atoms with Gasteiger partial charge in [0.2, 0.25) is 0 Å². The highest BCUT2D eigenvalue weighted by molar-refractivity contribution is 6.49. The molecule has 0 aromatic heterocycles. The molecule has 0 heterocycles. The lowest BCUT2D eigenvalue weighted by atomic mass is 9.87. The van der Waals surface area contributed by atoms with E-state index < -0.39 is 29.9 Å². The first-order chi connectivity index (χ1) is 21.2. The number of rotatable bonds is 12. The van der Waals surface area contributed by atoms with Crippen LogP contribution in [0.2, 0.25) is 0 Å². The van der Waals surface area contributed by atoms with E-state index in [-0.39, 0.29) is 36.7 Å². The van der Waals surface area contributed by atoms with Gasteiger partial charge in [-0.25, -0.2) is 14.6 Å². The molecular weight excluding hydrogens is 560 g/mol. The predicted octanol–water partition coefficient (Wildman–Crippen LogP) is 4.85. The molecule has 11 heteroatoms. The minimum Gasteiger partial charge on any atom is -0.463 e. The maximum absolute atomic E-state index is 13.4. The smallest absolute Gasteiger partial charge is 0.431 e. The molecule has 0 spiro atoms. The average Bonchev–Trinajstić information content (AvgIpc) is 3.33. The first kappa shape index (κ1) is 31.8. The molecule has 44 heavy (non-hydrogen) atoms. The van der Waals surface area contributed by atoms with Crippen molar-refractivity contribution in [2.75, 3.05) is 11.9 Å². The van der Waals surface area contributed by atoms with E-state index in [0.29, 0.717) is 25.1 Å². The number of hydrogen-bond acceptors (Lipinski definition) is 5. The van der Waals surface area contributed by atoms with Gasteiger partial charge >= 0.3 is 12.1 Å². The minimum absolute atomic E-state index is 0.0170. The van der Waals surface area contributed by atoms with Gasteiger partial charge in [-0.05, 0) is 65.6 Å². The van der Waals surface area contributed by atoms with Gasteiger partial charge in [0.25, 0.3) is 11.8 Å². The van der Waals surface area contributed by atoms with E-state index in [1.54, 1.807) is 31.2 Å². The van der Waals surface area contributed by atoms with E-state index in [1.165, 1.54) is 22.3 Å². The zero-order valence-corrected chi connectivity index (χ0v) is 24.5. The summed E-state index contributed by atoms with van der Waals surface area (Å²) in [5.74, 6) is -2.02. The lowest BCUT2D eigenvalue weighted by Gasteiger charge is -2.17. The fourth-order valence-electron chi connectivity index (χ4n) is 5.39. The average molecular weight is 597 g/mol. The van der Waals surface area contributed by atoms with E-state index in [0.717, 1.165) is 5.56 Å². The maximum Gasteiger partial charge on any atom is 0.431 e. The fraction of sp³-hybridized carbons (Fsp3) is 0.273. The standard InChI is InChI=1S/C33H36N6O5/c1-20(12-17-27-25-9-4-2-7-23(25)24-8-3-5-10-26(24)27)29(39-33(43)44)31(41)38-28(11-6-18-36-32(35)42)30(40)37-22-15-13-21(19-34)14-16-22/h2-5,7-10,13-16,20,27H,6,11-12,17-19,34H2,1H3,(H,37,40)(H,43,44)(H3,35,36,42)/t20-/m0/s1. The number of hydrogen-bond donors (Lipinski definition) is 5. The SMILES string of the molecule is C[C@@H](CCC1c2ccccc2-c2ccccc21)C(=NC(=O)O)C(=O)N=C(CCCNC(N)=O)C(=O)Nc1ccc(CN)cc1. The molecule has 228 valence electrons. The minimum atomic E-state index is -1.52. The molecule has 1 aliphatic carbocycles. The quantitative estimate of drug-likeness (QED) is 0.147. The topological polar surface area (TPSA) is 189 Å². The summed E-state index contributed by atoms with van der Waals surface area (Å²) in [5.41, 5.74) is 16.4. The summed E-state index contributed by atoms with van der Waals surface area (Å²) in [6.45, 7) is 2.22. The van der Waals surface area contributed by atoms with Crippen LogP contribution in [0.15, 0.2) is 82.8 Å². The van der Waals surface area contributed by atoms with Crippen molar-refractivity contribution < 1.29 is 24.3 Å². The number of amides is 5. The van der Waals surface area contributed by atoms with E-state index >= 15 is 0 Å². The Morgan fingerprint density at radius 3 is 2.09 bits per heavy atom. The molecule has 0 fully saturated rings. The largest absolute Gasteiger partial charge is 0.463 e. The molecule has 7 N–H and O–H groups in total. The van der Waals surface area contributed by atoms with Gasteiger partial charge in [-0.2, -0.15) is 4.99 Å². The monoisotopic (exact) mass is 596 g/mol. The third-order valence-corrected chi connectivity index (χ3v) is 7.59. The van der Waals surface area contributed by atoms with Crippen LogP contribution in [0.3, 0.4) is 0 Å². The number of aliphatic imine (C=N–C) groups is 2. The Morgan fingerprint density at radius 2 is 1.52 bits per heavy atom. The van der Waals surface area contributed by atoms with Crippen LogP contribution in [-0.4, -0.2) is 47.0 Å². The molecule has 1 atom stereocenters. The fourth-order valence-corrected chi connectivity index (χ4v) is 5.39. The van der Waals surface area contributed by atoms with E-state index in [2.05, 4.69) is 44.9 Å². The third kappa shape index (κ3) is 8.01. The highest BCUT2D eigenvalue weighted by atomic mass is 16.4. The molecule has 0 saturated carbocycles. The molecule has 0 aliphatic heterocycles. The highest BCUT2D eigenvalue weighted by Crippen LogP contribution is 2.46. The van der Waals surface area contributed by atoms with Crippen LogP contribution in [0.4, 0.5) is 15.3 Å². The van der Waals surface area contributed by atoms with Crippen LogP contribution in [0.5, 0.6) is 0 Å². The van der Waals surface area contributed by atoms with Crippen LogP contribution < -0.4 is 22.1 Å². The number of benzene rings is 3. The summed E-state index contributed by atoms with van der Waals surface area (Å²) >= 11 is 0. The summed E-state index contributed by atoms with van der Waals surface area (Å²) in [4.78, 5) is 57.0. The summed E-state index contributed by atoms with van der Waals surface area (Å²) in [6, 6.07) is 22.5. The maximum atomic E-state index is 13.4. The van der Waals surface area contributed by atoms with Crippen LogP contribution in [0.25, 0.3) is 11.1 Å². The first-order valence-electron chi connectivity index (χ1n) is 14.4. The van der Waals surface area contributed by atoms with Crippen molar-refractivity contribution in [2.45, 2.75) is 45.1 Å². The third-order valence-electron chi connectivity index (χ3n) is 7.59. The number of nitrogens with two attached hydrogens (primary N) is 2. The second-order valence-corrected chi connectivity index (χ2v) is 10.6. The molecule has 4 rings (SSSR count). The molecule has 3 aromatic rings. The van der Waals surface area contributed by atoms with Crippen LogP contribution in [0, 0.1) is 5.92 Å². The highest BCUT2D eigenvalue weighted by Gasteiger charge is 2.30. The van der Waals surface area contributed by atoms with Gasteiger partial charge in [0, 0.05) is 30.6 Å². The number of nitrogens with one attached hydrogen (secondary N) is 2. The lowest BCUT2D eigenvalue weighted by Crippen LogP contribution is -2.32. The molecule has 0 saturated heterocycles. The molecule has 11 nitrogen and oxygen atoms in total. The second kappa shape index (κ2) is 14.8. The number of carbonyl (C=O) groups is 4. The number of fused-ring (bicyclic) bond motifs is 3. The summed E-state index contributed by atoms with van der Waals surface area (Å²) in [7, 11) is 0. The van der Waals surface area contributed by atoms with Crippen molar-refractivity contribution in [1.82, 2.24) is 5.32 Å². The molecular formula is C33H36N6O5. The van der Waals surface area contributed by atoms with Crippen molar-refractivity contribution in [3.8, 4) is 11.1 Å². The number of primary amides is 1. The van der Waals surface area contributed by atoms with E-state index in [1.807, 2.05) is 24.3 Å². The molecule has 3 aromatic carbocycles. The zero-order valence-electron chi connectivity index (χ0n) is 24.5. The van der Waals surface area contributed by atoms with E-state index in [4.69, 9.17) is 11.5 Å². The van der Waals surface area contributed by atoms with Gasteiger partial charge in [-0.3, -0.25) is 9.59 Å². The Bertz CT molecular complexity index is 1550.